The van der Waals surface area contributed by atoms with Crippen molar-refractivity contribution in [3.05, 3.63) is 80.0 Å². The third-order valence-corrected chi connectivity index (χ3v) is 5.30. The van der Waals surface area contributed by atoms with Crippen molar-refractivity contribution >= 4 is 56.5 Å². The van der Waals surface area contributed by atoms with Gasteiger partial charge in [-0.05, 0) is 62.0 Å². The molecule has 0 aliphatic rings. The second kappa shape index (κ2) is 8.86. The van der Waals surface area contributed by atoms with Crippen molar-refractivity contribution in [1.29, 1.82) is 0 Å². The van der Waals surface area contributed by atoms with E-state index in [2.05, 4.69) is 36.8 Å². The summed E-state index contributed by atoms with van der Waals surface area (Å²) in [5.41, 5.74) is 5.59. The van der Waals surface area contributed by atoms with E-state index in [0.717, 1.165) is 33.5 Å². The highest BCUT2D eigenvalue weighted by atomic mass is 79.9. The van der Waals surface area contributed by atoms with Crippen molar-refractivity contribution in [2.45, 2.75) is 20.3 Å². The second-order valence-corrected chi connectivity index (χ2v) is 8.05. The van der Waals surface area contributed by atoms with Crippen LogP contribution in [0.2, 0.25) is 5.02 Å². The van der Waals surface area contributed by atoms with Gasteiger partial charge in [0.05, 0.1) is 16.3 Å². The second-order valence-electron chi connectivity index (χ2n) is 6.32. The number of thiocarbonyl (C=S) groups is 1. The Labute approximate surface area is 182 Å². The molecule has 3 aromatic rings. The van der Waals surface area contributed by atoms with E-state index in [1.807, 2.05) is 38.1 Å². The van der Waals surface area contributed by atoms with Crippen molar-refractivity contribution in [1.82, 2.24) is 15.5 Å². The average Bonchev–Trinajstić information content (AvgIpc) is 2.97. The van der Waals surface area contributed by atoms with Gasteiger partial charge in [-0.15, -0.1) is 0 Å². The molecule has 0 radical (unpaired) electrons. The summed E-state index contributed by atoms with van der Waals surface area (Å²) in [5, 5.41) is 13.4. The molecule has 3 rings (SSSR count). The summed E-state index contributed by atoms with van der Waals surface area (Å²) in [6.45, 7) is 4.01. The number of aromatic amines is 1. The van der Waals surface area contributed by atoms with Crippen LogP contribution in [0.1, 0.15) is 32.9 Å². The molecule has 0 saturated heterocycles. The highest BCUT2D eigenvalue weighted by Gasteiger charge is 2.13. The number of H-pyrrole nitrogens is 1. The highest BCUT2D eigenvalue weighted by molar-refractivity contribution is 9.10. The van der Waals surface area contributed by atoms with Gasteiger partial charge in [0, 0.05) is 27.8 Å². The SMILES string of the molecule is Cc1n[nH]c(C)c1Cc1ccc(NC(=S)NC(=O)c2cc(Br)ccc2Cl)cc1. The summed E-state index contributed by atoms with van der Waals surface area (Å²) >= 11 is 14.6. The third-order valence-electron chi connectivity index (χ3n) is 4.27. The van der Waals surface area contributed by atoms with Crippen molar-refractivity contribution < 1.29 is 4.79 Å². The van der Waals surface area contributed by atoms with Gasteiger partial charge in [0.2, 0.25) is 0 Å². The van der Waals surface area contributed by atoms with Crippen LogP contribution in [0.4, 0.5) is 5.69 Å². The molecule has 0 fully saturated rings. The molecule has 3 N–H and O–H groups in total. The minimum atomic E-state index is -0.369. The zero-order valence-corrected chi connectivity index (χ0v) is 18.4. The minimum Gasteiger partial charge on any atom is -0.332 e. The summed E-state index contributed by atoms with van der Waals surface area (Å²) in [5.74, 6) is -0.369. The molecular weight excluding hydrogens is 460 g/mol. The van der Waals surface area contributed by atoms with E-state index in [1.165, 1.54) is 5.56 Å². The van der Waals surface area contributed by atoms with E-state index >= 15 is 0 Å². The van der Waals surface area contributed by atoms with Gasteiger partial charge in [-0.1, -0.05) is 39.7 Å². The molecule has 0 aliphatic heterocycles. The number of halogens is 2. The van der Waals surface area contributed by atoms with Crippen LogP contribution in [0, 0.1) is 13.8 Å². The first-order valence-electron chi connectivity index (χ1n) is 8.50. The predicted molar refractivity (Wildman–Crippen MR) is 120 cm³/mol. The van der Waals surface area contributed by atoms with Crippen molar-refractivity contribution in [3.8, 4) is 0 Å². The normalized spacial score (nSPS) is 10.6. The first-order valence-corrected chi connectivity index (χ1v) is 10.1. The largest absolute Gasteiger partial charge is 0.332 e. The molecule has 1 amide bonds. The van der Waals surface area contributed by atoms with Crippen LogP contribution >= 0.6 is 39.7 Å². The number of hydrogen-bond acceptors (Lipinski definition) is 3. The monoisotopic (exact) mass is 476 g/mol. The van der Waals surface area contributed by atoms with Crippen LogP contribution in [-0.4, -0.2) is 21.2 Å². The Kier molecular flexibility index (Phi) is 6.49. The van der Waals surface area contributed by atoms with E-state index < -0.39 is 0 Å². The Balaban J connectivity index is 1.61. The van der Waals surface area contributed by atoms with E-state index in [9.17, 15) is 4.79 Å². The molecule has 144 valence electrons. The first kappa shape index (κ1) is 20.5. The number of carbonyl (C=O) groups excluding carboxylic acids is 1. The number of aryl methyl sites for hydroxylation is 2. The fourth-order valence-corrected chi connectivity index (χ4v) is 3.52. The van der Waals surface area contributed by atoms with Gasteiger partial charge in [0.15, 0.2) is 5.11 Å². The smallest absolute Gasteiger partial charge is 0.258 e. The van der Waals surface area contributed by atoms with E-state index in [4.69, 9.17) is 23.8 Å². The number of nitrogens with zero attached hydrogens (tertiary/aromatic N) is 1. The number of aromatic nitrogens is 2. The van der Waals surface area contributed by atoms with Gasteiger partial charge < -0.3 is 5.32 Å². The molecule has 0 spiro atoms. The van der Waals surface area contributed by atoms with Gasteiger partial charge in [0.25, 0.3) is 5.91 Å². The molecule has 1 heterocycles. The highest BCUT2D eigenvalue weighted by Crippen LogP contribution is 2.21. The van der Waals surface area contributed by atoms with Crippen LogP contribution in [0.3, 0.4) is 0 Å². The molecule has 8 heteroatoms. The lowest BCUT2D eigenvalue weighted by Crippen LogP contribution is -2.34. The van der Waals surface area contributed by atoms with Crippen molar-refractivity contribution in [2.75, 3.05) is 5.32 Å². The molecule has 2 aromatic carbocycles. The van der Waals surface area contributed by atoms with Crippen molar-refractivity contribution in [3.63, 3.8) is 0 Å². The predicted octanol–water partition coefficient (Wildman–Crippen LogP) is 5.16. The minimum absolute atomic E-state index is 0.204. The Morgan fingerprint density at radius 3 is 2.57 bits per heavy atom. The summed E-state index contributed by atoms with van der Waals surface area (Å²) in [7, 11) is 0. The van der Waals surface area contributed by atoms with Gasteiger partial charge in [-0.3, -0.25) is 15.2 Å². The van der Waals surface area contributed by atoms with E-state index in [-0.39, 0.29) is 11.0 Å². The van der Waals surface area contributed by atoms with Crippen LogP contribution in [0.5, 0.6) is 0 Å². The number of nitrogens with one attached hydrogen (secondary N) is 3. The van der Waals surface area contributed by atoms with Crippen LogP contribution in [-0.2, 0) is 6.42 Å². The van der Waals surface area contributed by atoms with Crippen LogP contribution < -0.4 is 10.6 Å². The number of anilines is 1. The Hall–Kier alpha value is -2.22. The molecular formula is C20H18BrClN4OS. The fourth-order valence-electron chi connectivity index (χ4n) is 2.75. The zero-order chi connectivity index (χ0) is 20.3. The lowest BCUT2D eigenvalue weighted by Gasteiger charge is -2.11. The number of amides is 1. The maximum Gasteiger partial charge on any atom is 0.258 e. The first-order chi connectivity index (χ1) is 13.3. The van der Waals surface area contributed by atoms with Crippen LogP contribution in [0.15, 0.2) is 46.9 Å². The maximum absolute atomic E-state index is 12.4. The number of benzene rings is 2. The van der Waals surface area contributed by atoms with E-state index in [0.29, 0.717) is 10.6 Å². The fraction of sp³-hybridized carbons (Fsp3) is 0.150. The number of rotatable bonds is 4. The van der Waals surface area contributed by atoms with Crippen molar-refractivity contribution in [2.24, 2.45) is 0 Å². The van der Waals surface area contributed by atoms with Crippen LogP contribution in [0.25, 0.3) is 0 Å². The summed E-state index contributed by atoms with van der Waals surface area (Å²) in [4.78, 5) is 12.4. The molecule has 5 nitrogen and oxygen atoms in total. The zero-order valence-electron chi connectivity index (χ0n) is 15.3. The molecule has 1 aromatic heterocycles. The molecule has 0 aliphatic carbocycles. The van der Waals surface area contributed by atoms with Gasteiger partial charge in [-0.25, -0.2) is 0 Å². The lowest BCUT2D eigenvalue weighted by molar-refractivity contribution is 0.0978. The average molecular weight is 478 g/mol. The Morgan fingerprint density at radius 1 is 1.21 bits per heavy atom. The van der Waals surface area contributed by atoms with Gasteiger partial charge in [0.1, 0.15) is 0 Å². The maximum atomic E-state index is 12.4. The number of hydrogen-bond donors (Lipinski definition) is 3. The quantitative estimate of drug-likeness (QED) is 0.454. The Morgan fingerprint density at radius 2 is 1.93 bits per heavy atom. The molecule has 0 bridgehead atoms. The summed E-state index contributed by atoms with van der Waals surface area (Å²) < 4.78 is 0.764. The molecule has 28 heavy (non-hydrogen) atoms. The lowest BCUT2D eigenvalue weighted by atomic mass is 10.0. The molecule has 0 unspecified atom stereocenters. The standard InChI is InChI=1S/C20H18BrClN4OS/c1-11-16(12(2)26-25-11)9-13-3-6-15(7-4-13)23-20(28)24-19(27)17-10-14(21)5-8-18(17)22/h3-8,10H,9H2,1-2H3,(H,25,26)(H2,23,24,27,28). The van der Waals surface area contributed by atoms with Gasteiger partial charge in [-0.2, -0.15) is 5.10 Å². The van der Waals surface area contributed by atoms with Gasteiger partial charge >= 0.3 is 0 Å². The topological polar surface area (TPSA) is 69.8 Å². The Bertz CT molecular complexity index is 1010. The summed E-state index contributed by atoms with van der Waals surface area (Å²) in [6.07, 6.45) is 0.803. The van der Waals surface area contributed by atoms with E-state index in [1.54, 1.807) is 18.2 Å². The summed E-state index contributed by atoms with van der Waals surface area (Å²) in [6, 6.07) is 12.9. The number of carbonyl (C=O) groups is 1. The molecule has 0 atom stereocenters. The molecule has 0 saturated carbocycles. The third kappa shape index (κ3) is 4.98.